The van der Waals surface area contributed by atoms with Crippen LogP contribution in [-0.4, -0.2) is 5.78 Å². The summed E-state index contributed by atoms with van der Waals surface area (Å²) in [6.07, 6.45) is 2.86. The molecule has 3 heteroatoms. The first-order valence-electron chi connectivity index (χ1n) is 5.39. The number of ketones is 1. The number of benzene rings is 2. The van der Waals surface area contributed by atoms with Crippen molar-refractivity contribution in [2.75, 3.05) is 0 Å². The zero-order chi connectivity index (χ0) is 13.0. The molecule has 0 amide bonds. The Morgan fingerprint density at radius 2 is 1.83 bits per heavy atom. The van der Waals surface area contributed by atoms with E-state index in [4.69, 9.17) is 0 Å². The Morgan fingerprint density at radius 1 is 1.11 bits per heavy atom. The Balaban J connectivity index is 2.19. The van der Waals surface area contributed by atoms with Crippen LogP contribution in [0.4, 0.5) is 4.39 Å². The standard InChI is InChI=1S/C15H10BrFO/c16-13-8-6-11(14(17)10-13)7-9-15(18)12-4-2-1-3-5-12/h1-10H/b9-7+. The number of hydrogen-bond acceptors (Lipinski definition) is 1. The summed E-state index contributed by atoms with van der Waals surface area (Å²) in [6.45, 7) is 0. The van der Waals surface area contributed by atoms with Gasteiger partial charge in [-0.3, -0.25) is 4.79 Å². The van der Waals surface area contributed by atoms with Crippen molar-refractivity contribution in [2.24, 2.45) is 0 Å². The van der Waals surface area contributed by atoms with Gasteiger partial charge in [-0.1, -0.05) is 52.3 Å². The molecule has 2 aromatic rings. The van der Waals surface area contributed by atoms with Gasteiger partial charge in [-0.05, 0) is 24.3 Å². The second kappa shape index (κ2) is 5.74. The van der Waals surface area contributed by atoms with Gasteiger partial charge in [0, 0.05) is 15.6 Å². The van der Waals surface area contributed by atoms with E-state index in [-0.39, 0.29) is 11.6 Å². The van der Waals surface area contributed by atoms with Crippen LogP contribution >= 0.6 is 15.9 Å². The Bertz CT molecular complexity index is 591. The molecule has 0 atom stereocenters. The third-order valence-corrected chi connectivity index (χ3v) is 2.93. The van der Waals surface area contributed by atoms with Crippen LogP contribution in [0.5, 0.6) is 0 Å². The number of rotatable bonds is 3. The van der Waals surface area contributed by atoms with Crippen LogP contribution < -0.4 is 0 Å². The van der Waals surface area contributed by atoms with Crippen LogP contribution in [0.2, 0.25) is 0 Å². The first-order valence-corrected chi connectivity index (χ1v) is 6.18. The van der Waals surface area contributed by atoms with Crippen molar-refractivity contribution in [1.82, 2.24) is 0 Å². The van der Waals surface area contributed by atoms with Crippen molar-refractivity contribution in [3.05, 3.63) is 76.0 Å². The molecule has 0 aliphatic rings. The predicted octanol–water partition coefficient (Wildman–Crippen LogP) is 4.48. The molecule has 0 aliphatic carbocycles. The van der Waals surface area contributed by atoms with Crippen LogP contribution in [0, 0.1) is 5.82 Å². The lowest BCUT2D eigenvalue weighted by Crippen LogP contribution is -1.93. The lowest BCUT2D eigenvalue weighted by Gasteiger charge is -1.98. The molecule has 0 radical (unpaired) electrons. The molecular formula is C15H10BrFO. The van der Waals surface area contributed by atoms with Crippen LogP contribution in [-0.2, 0) is 0 Å². The van der Waals surface area contributed by atoms with E-state index in [0.717, 1.165) is 0 Å². The molecule has 2 aromatic carbocycles. The normalized spacial score (nSPS) is 10.8. The maximum atomic E-state index is 13.5. The highest BCUT2D eigenvalue weighted by atomic mass is 79.9. The van der Waals surface area contributed by atoms with Crippen molar-refractivity contribution >= 4 is 27.8 Å². The second-order valence-corrected chi connectivity index (χ2v) is 4.65. The maximum Gasteiger partial charge on any atom is 0.185 e. The number of carbonyl (C=O) groups excluding carboxylic acids is 1. The van der Waals surface area contributed by atoms with Gasteiger partial charge in [0.1, 0.15) is 5.82 Å². The number of halogens is 2. The fourth-order valence-electron chi connectivity index (χ4n) is 1.50. The van der Waals surface area contributed by atoms with Crippen molar-refractivity contribution < 1.29 is 9.18 Å². The van der Waals surface area contributed by atoms with Gasteiger partial charge in [0.25, 0.3) is 0 Å². The molecule has 90 valence electrons. The highest BCUT2D eigenvalue weighted by Gasteiger charge is 2.02. The summed E-state index contributed by atoms with van der Waals surface area (Å²) in [6, 6.07) is 13.6. The first kappa shape index (κ1) is 12.7. The van der Waals surface area contributed by atoms with Gasteiger partial charge in [-0.2, -0.15) is 0 Å². The largest absolute Gasteiger partial charge is 0.289 e. The molecular weight excluding hydrogens is 295 g/mol. The van der Waals surface area contributed by atoms with E-state index >= 15 is 0 Å². The minimum absolute atomic E-state index is 0.141. The summed E-state index contributed by atoms with van der Waals surface area (Å²) in [5.41, 5.74) is 0.980. The molecule has 2 rings (SSSR count). The van der Waals surface area contributed by atoms with Crippen LogP contribution in [0.3, 0.4) is 0 Å². The number of carbonyl (C=O) groups is 1. The number of allylic oxidation sites excluding steroid dienone is 1. The molecule has 0 unspecified atom stereocenters. The van der Waals surface area contributed by atoms with Gasteiger partial charge in [0.2, 0.25) is 0 Å². The summed E-state index contributed by atoms with van der Waals surface area (Å²) >= 11 is 3.18. The molecule has 0 saturated carbocycles. The van der Waals surface area contributed by atoms with Crippen LogP contribution in [0.25, 0.3) is 6.08 Å². The molecule has 0 bridgehead atoms. The Morgan fingerprint density at radius 3 is 2.50 bits per heavy atom. The minimum atomic E-state index is -0.360. The van der Waals surface area contributed by atoms with E-state index in [0.29, 0.717) is 15.6 Å². The van der Waals surface area contributed by atoms with E-state index in [1.807, 2.05) is 6.07 Å². The highest BCUT2D eigenvalue weighted by Crippen LogP contribution is 2.16. The van der Waals surface area contributed by atoms with Gasteiger partial charge in [-0.25, -0.2) is 4.39 Å². The molecule has 0 saturated heterocycles. The van der Waals surface area contributed by atoms with Crippen molar-refractivity contribution in [3.63, 3.8) is 0 Å². The molecule has 0 N–H and O–H groups in total. The summed E-state index contributed by atoms with van der Waals surface area (Å²) < 4.78 is 14.2. The Hall–Kier alpha value is -1.74. The van der Waals surface area contributed by atoms with E-state index in [1.54, 1.807) is 36.4 Å². The maximum absolute atomic E-state index is 13.5. The zero-order valence-electron chi connectivity index (χ0n) is 9.44. The predicted molar refractivity (Wildman–Crippen MR) is 73.9 cm³/mol. The van der Waals surface area contributed by atoms with Gasteiger partial charge < -0.3 is 0 Å². The highest BCUT2D eigenvalue weighted by molar-refractivity contribution is 9.10. The SMILES string of the molecule is O=C(/C=C/c1ccc(Br)cc1F)c1ccccc1. The number of hydrogen-bond donors (Lipinski definition) is 0. The van der Waals surface area contributed by atoms with E-state index in [2.05, 4.69) is 15.9 Å². The second-order valence-electron chi connectivity index (χ2n) is 3.73. The Labute approximate surface area is 113 Å². The molecule has 1 nitrogen and oxygen atoms in total. The third-order valence-electron chi connectivity index (χ3n) is 2.44. The zero-order valence-corrected chi connectivity index (χ0v) is 11.0. The van der Waals surface area contributed by atoms with E-state index in [9.17, 15) is 9.18 Å². The Kier molecular flexibility index (Phi) is 4.05. The molecule has 0 aliphatic heterocycles. The summed E-state index contributed by atoms with van der Waals surface area (Å²) in [7, 11) is 0. The quantitative estimate of drug-likeness (QED) is 0.603. The van der Waals surface area contributed by atoms with Gasteiger partial charge in [0.15, 0.2) is 5.78 Å². The summed E-state index contributed by atoms with van der Waals surface area (Å²) in [4.78, 5) is 11.8. The van der Waals surface area contributed by atoms with Gasteiger partial charge in [-0.15, -0.1) is 0 Å². The van der Waals surface area contributed by atoms with Crippen LogP contribution in [0.15, 0.2) is 59.1 Å². The first-order chi connectivity index (χ1) is 8.66. The van der Waals surface area contributed by atoms with Gasteiger partial charge in [0.05, 0.1) is 0 Å². The fraction of sp³-hybridized carbons (Fsp3) is 0. The monoisotopic (exact) mass is 304 g/mol. The van der Waals surface area contributed by atoms with E-state index < -0.39 is 0 Å². The summed E-state index contributed by atoms with van der Waals surface area (Å²) in [5, 5.41) is 0. The molecule has 0 spiro atoms. The molecule has 0 fully saturated rings. The third kappa shape index (κ3) is 3.14. The molecule has 18 heavy (non-hydrogen) atoms. The molecule has 0 heterocycles. The average molecular weight is 305 g/mol. The minimum Gasteiger partial charge on any atom is -0.289 e. The van der Waals surface area contributed by atoms with Crippen molar-refractivity contribution in [3.8, 4) is 0 Å². The summed E-state index contributed by atoms with van der Waals surface area (Å²) in [5.74, 6) is -0.501. The van der Waals surface area contributed by atoms with E-state index in [1.165, 1.54) is 18.2 Å². The molecule has 0 aromatic heterocycles. The van der Waals surface area contributed by atoms with Crippen molar-refractivity contribution in [1.29, 1.82) is 0 Å². The lowest BCUT2D eigenvalue weighted by atomic mass is 10.1. The van der Waals surface area contributed by atoms with Gasteiger partial charge >= 0.3 is 0 Å². The fourth-order valence-corrected chi connectivity index (χ4v) is 1.83. The smallest absolute Gasteiger partial charge is 0.185 e. The van der Waals surface area contributed by atoms with Crippen molar-refractivity contribution in [2.45, 2.75) is 0 Å². The average Bonchev–Trinajstić information content (AvgIpc) is 2.38. The van der Waals surface area contributed by atoms with Crippen LogP contribution in [0.1, 0.15) is 15.9 Å². The topological polar surface area (TPSA) is 17.1 Å². The lowest BCUT2D eigenvalue weighted by molar-refractivity contribution is 0.104.